The van der Waals surface area contributed by atoms with Gasteiger partial charge in [0.2, 0.25) is 0 Å². The van der Waals surface area contributed by atoms with E-state index in [1.807, 2.05) is 0 Å². The van der Waals surface area contributed by atoms with Crippen molar-refractivity contribution in [2.45, 2.75) is 18.1 Å². The van der Waals surface area contributed by atoms with Crippen molar-refractivity contribution in [2.24, 2.45) is 0 Å². The Kier molecular flexibility index (Phi) is 5.90. The van der Waals surface area contributed by atoms with Crippen LogP contribution in [0.4, 0.5) is 26.3 Å². The molecule has 14 heteroatoms. The number of nitrogens with zero attached hydrogens (tertiary/aromatic N) is 1. The largest absolute Gasteiger partial charge is 0.534 e. The van der Waals surface area contributed by atoms with Gasteiger partial charge in [-0.3, -0.25) is 4.79 Å². The molecule has 0 radical (unpaired) electrons. The quantitative estimate of drug-likeness (QED) is 0.269. The van der Waals surface area contributed by atoms with Crippen molar-refractivity contribution in [3.8, 4) is 22.6 Å². The molecule has 0 fully saturated rings. The maximum Gasteiger partial charge on any atom is 0.534 e. The minimum Gasteiger partial charge on any atom is -0.496 e. The number of hydrogen-bond donors (Lipinski definition) is 0. The molecule has 35 heavy (non-hydrogen) atoms. The first kappa shape index (κ1) is 24.7. The van der Waals surface area contributed by atoms with Crippen molar-refractivity contribution in [1.82, 2.24) is 4.90 Å². The topological polar surface area (TPSA) is 86.0 Å². The highest BCUT2D eigenvalue weighted by atomic mass is 32.2. The van der Waals surface area contributed by atoms with Crippen LogP contribution in [0.2, 0.25) is 0 Å². The van der Waals surface area contributed by atoms with Gasteiger partial charge in [-0.1, -0.05) is 0 Å². The van der Waals surface area contributed by atoms with E-state index in [1.54, 1.807) is 6.07 Å². The van der Waals surface area contributed by atoms with Gasteiger partial charge in [-0.25, -0.2) is 0 Å². The van der Waals surface area contributed by atoms with Crippen LogP contribution in [-0.2, 0) is 16.5 Å². The van der Waals surface area contributed by atoms with Crippen molar-refractivity contribution in [3.05, 3.63) is 47.7 Å². The molecule has 0 spiro atoms. The molecule has 0 unspecified atom stereocenters. The Hall–Kier alpha value is -3.42. The third-order valence-electron chi connectivity index (χ3n) is 5.27. The number of halogens is 6. The van der Waals surface area contributed by atoms with Gasteiger partial charge < -0.3 is 18.2 Å². The van der Waals surface area contributed by atoms with Gasteiger partial charge in [0.1, 0.15) is 23.6 Å². The third-order valence-corrected chi connectivity index (χ3v) is 6.25. The molecule has 0 saturated heterocycles. The summed E-state index contributed by atoms with van der Waals surface area (Å²) in [7, 11) is -4.61. The van der Waals surface area contributed by atoms with Gasteiger partial charge in [-0.15, -0.1) is 0 Å². The average Bonchev–Trinajstić information content (AvgIpc) is 3.16. The van der Waals surface area contributed by atoms with E-state index >= 15 is 0 Å². The number of carbonyl (C=O) groups is 1. The molecule has 188 valence electrons. The zero-order valence-corrected chi connectivity index (χ0v) is 18.5. The van der Waals surface area contributed by atoms with Crippen LogP contribution in [0.1, 0.15) is 15.9 Å². The molecular formula is C21H15F6NO6S. The van der Waals surface area contributed by atoms with Crippen LogP contribution in [0.15, 0.2) is 41.0 Å². The van der Waals surface area contributed by atoms with Crippen LogP contribution < -0.4 is 8.92 Å². The van der Waals surface area contributed by atoms with E-state index in [1.165, 1.54) is 25.5 Å². The Morgan fingerprint density at radius 3 is 2.43 bits per heavy atom. The summed E-state index contributed by atoms with van der Waals surface area (Å²) in [6.07, 6.45) is -3.17. The standard InChI is InChI=1S/C21H15F6NO6S/c1-32-17-7-12(6-11-4-5-28(10-20(22,23)24)19(29)18(11)17)15-9-33-16-8-13(2-3-14(15)16)34-35(30,31)21(25,26)27/h2-3,6-9H,4-5,10H2,1H3. The highest BCUT2D eigenvalue weighted by Gasteiger charge is 2.48. The molecule has 0 saturated carbocycles. The summed E-state index contributed by atoms with van der Waals surface area (Å²) in [5, 5.41) is 0.379. The number of furan rings is 1. The van der Waals surface area contributed by atoms with Crippen molar-refractivity contribution in [3.63, 3.8) is 0 Å². The number of benzene rings is 2. The Morgan fingerprint density at radius 2 is 1.80 bits per heavy atom. The Morgan fingerprint density at radius 1 is 1.09 bits per heavy atom. The van der Waals surface area contributed by atoms with E-state index in [4.69, 9.17) is 9.15 Å². The van der Waals surface area contributed by atoms with Crippen molar-refractivity contribution in [1.29, 1.82) is 0 Å². The van der Waals surface area contributed by atoms with Gasteiger partial charge in [0.15, 0.2) is 0 Å². The highest BCUT2D eigenvalue weighted by molar-refractivity contribution is 7.88. The molecule has 0 atom stereocenters. The lowest BCUT2D eigenvalue weighted by Crippen LogP contribution is -2.43. The van der Waals surface area contributed by atoms with Gasteiger partial charge >= 0.3 is 21.8 Å². The molecule has 7 nitrogen and oxygen atoms in total. The lowest BCUT2D eigenvalue weighted by atomic mass is 9.93. The molecule has 1 aromatic heterocycles. The van der Waals surface area contributed by atoms with Gasteiger partial charge in [-0.05, 0) is 41.8 Å². The normalized spacial score (nSPS) is 14.8. The van der Waals surface area contributed by atoms with Gasteiger partial charge in [-0.2, -0.15) is 34.8 Å². The molecule has 3 aromatic rings. The van der Waals surface area contributed by atoms with Crippen LogP contribution in [0, 0.1) is 0 Å². The maximum absolute atomic E-state index is 12.8. The number of hydrogen-bond acceptors (Lipinski definition) is 6. The number of alkyl halides is 6. The Bertz CT molecular complexity index is 1390. The highest BCUT2D eigenvalue weighted by Crippen LogP contribution is 2.39. The molecule has 4 rings (SSSR count). The predicted molar refractivity (Wildman–Crippen MR) is 109 cm³/mol. The lowest BCUT2D eigenvalue weighted by molar-refractivity contribution is -0.141. The Balaban J connectivity index is 1.70. The average molecular weight is 523 g/mol. The van der Waals surface area contributed by atoms with E-state index in [0.29, 0.717) is 27.0 Å². The number of amides is 1. The first-order chi connectivity index (χ1) is 16.2. The fraction of sp³-hybridized carbons (Fsp3) is 0.286. The van der Waals surface area contributed by atoms with E-state index < -0.39 is 40.0 Å². The smallest absolute Gasteiger partial charge is 0.496 e. The molecule has 0 bridgehead atoms. The lowest BCUT2D eigenvalue weighted by Gasteiger charge is -2.30. The number of rotatable bonds is 5. The summed E-state index contributed by atoms with van der Waals surface area (Å²) in [6.45, 7) is -1.55. The zero-order chi connectivity index (χ0) is 25.8. The summed E-state index contributed by atoms with van der Waals surface area (Å²) in [5.74, 6) is -1.40. The second-order valence-corrected chi connectivity index (χ2v) is 9.13. The molecule has 2 heterocycles. The Labute approximate surface area is 193 Å². The van der Waals surface area contributed by atoms with Gasteiger partial charge in [0.25, 0.3) is 5.91 Å². The van der Waals surface area contributed by atoms with Crippen LogP contribution in [0.3, 0.4) is 0 Å². The molecule has 2 aromatic carbocycles. The summed E-state index contributed by atoms with van der Waals surface area (Å²) in [4.78, 5) is 13.4. The number of ether oxygens (including phenoxy) is 1. The summed E-state index contributed by atoms with van der Waals surface area (Å²) < 4.78 is 113. The van der Waals surface area contributed by atoms with E-state index in [-0.39, 0.29) is 29.9 Å². The summed E-state index contributed by atoms with van der Waals surface area (Å²) >= 11 is 0. The molecular weight excluding hydrogens is 508 g/mol. The molecule has 1 aliphatic heterocycles. The molecule has 1 amide bonds. The van der Waals surface area contributed by atoms with Crippen molar-refractivity contribution >= 4 is 27.0 Å². The second kappa shape index (κ2) is 8.36. The maximum atomic E-state index is 12.8. The van der Waals surface area contributed by atoms with E-state index in [9.17, 15) is 39.6 Å². The molecule has 1 aliphatic rings. The number of fused-ring (bicyclic) bond motifs is 2. The fourth-order valence-corrected chi connectivity index (χ4v) is 4.22. The zero-order valence-electron chi connectivity index (χ0n) is 17.7. The van der Waals surface area contributed by atoms with Gasteiger partial charge in [0, 0.05) is 23.6 Å². The third kappa shape index (κ3) is 4.74. The number of carbonyl (C=O) groups excluding carboxylic acids is 1. The predicted octanol–water partition coefficient (Wildman–Crippen LogP) is 4.90. The SMILES string of the molecule is COc1cc(-c2coc3cc(OS(=O)(=O)C(F)(F)F)ccc23)cc2c1C(=O)N(CC(F)(F)F)CC2. The minimum absolute atomic E-state index is 0.00703. The fourth-order valence-electron chi connectivity index (χ4n) is 3.77. The van der Waals surface area contributed by atoms with Crippen LogP contribution in [0.5, 0.6) is 11.5 Å². The first-order valence-corrected chi connectivity index (χ1v) is 11.2. The molecule has 0 aliphatic carbocycles. The first-order valence-electron chi connectivity index (χ1n) is 9.79. The second-order valence-electron chi connectivity index (χ2n) is 7.60. The molecule has 0 N–H and O–H groups in total. The van der Waals surface area contributed by atoms with E-state index in [2.05, 4.69) is 4.18 Å². The van der Waals surface area contributed by atoms with Crippen LogP contribution in [0.25, 0.3) is 22.1 Å². The van der Waals surface area contributed by atoms with Crippen molar-refractivity contribution < 1.29 is 52.9 Å². The van der Waals surface area contributed by atoms with E-state index in [0.717, 1.165) is 12.1 Å². The minimum atomic E-state index is -5.87. The van der Waals surface area contributed by atoms with Crippen LogP contribution >= 0.6 is 0 Å². The van der Waals surface area contributed by atoms with Crippen LogP contribution in [-0.4, -0.2) is 51.1 Å². The van der Waals surface area contributed by atoms with Gasteiger partial charge in [0.05, 0.1) is 18.9 Å². The summed E-state index contributed by atoms with van der Waals surface area (Å²) in [5.41, 5.74) is -4.24. The number of methoxy groups -OCH3 is 1. The van der Waals surface area contributed by atoms with Crippen molar-refractivity contribution in [2.75, 3.05) is 20.2 Å². The summed E-state index contributed by atoms with van der Waals surface area (Å²) in [6, 6.07) is 6.28. The monoisotopic (exact) mass is 523 g/mol.